The lowest BCUT2D eigenvalue weighted by Crippen LogP contribution is -2.32. The maximum Gasteiger partial charge on any atom is 0.160 e. The largest absolute Gasteiger partial charge is 0.228 e. The van der Waals surface area contributed by atoms with Crippen LogP contribution in [0.4, 0.5) is 0 Å². The lowest BCUT2D eigenvalue weighted by Gasteiger charge is -2.39. The zero-order valence-electron chi connectivity index (χ0n) is 24.7. The summed E-state index contributed by atoms with van der Waals surface area (Å²) in [6, 6.07) is 55.4. The second kappa shape index (κ2) is 10.4. The number of hydrogen-bond donors (Lipinski definition) is 0. The second-order valence-electron chi connectivity index (χ2n) is 11.7. The maximum atomic E-state index is 9.38. The molecule has 2 heterocycles. The molecule has 0 unspecified atom stereocenters. The number of hydrogen-bond acceptors (Lipinski definition) is 4. The van der Waals surface area contributed by atoms with Crippen molar-refractivity contribution in [1.29, 1.82) is 5.26 Å². The van der Waals surface area contributed by atoms with Crippen LogP contribution in [0.3, 0.4) is 0 Å². The molecule has 1 aromatic heterocycles. The van der Waals surface area contributed by atoms with Gasteiger partial charge >= 0.3 is 0 Å². The van der Waals surface area contributed by atoms with Crippen LogP contribution in [-0.4, -0.2) is 9.97 Å². The Morgan fingerprint density at radius 1 is 0.478 bits per heavy atom. The summed E-state index contributed by atoms with van der Waals surface area (Å²) >= 11 is 1.84. The van der Waals surface area contributed by atoms with Gasteiger partial charge in [-0.2, -0.15) is 5.26 Å². The SMILES string of the molecule is N#Cc1ccc(-c2cc(-c3ccc4c(c3)C3(c5ccccc5S4)c4ccccc4-c4ccccc43)nc(-c3ccccc3)n2)cc1. The van der Waals surface area contributed by atoms with Crippen molar-refractivity contribution >= 4 is 11.8 Å². The van der Waals surface area contributed by atoms with Crippen molar-refractivity contribution < 1.29 is 0 Å². The van der Waals surface area contributed by atoms with E-state index in [1.165, 1.54) is 43.2 Å². The summed E-state index contributed by atoms with van der Waals surface area (Å²) in [6.07, 6.45) is 0. The Bertz CT molecular complexity index is 2310. The van der Waals surface area contributed by atoms with Gasteiger partial charge in [-0.3, -0.25) is 0 Å². The van der Waals surface area contributed by atoms with Crippen molar-refractivity contribution in [3.8, 4) is 51.1 Å². The smallest absolute Gasteiger partial charge is 0.160 e. The molecule has 214 valence electrons. The molecule has 46 heavy (non-hydrogen) atoms. The topological polar surface area (TPSA) is 49.6 Å². The van der Waals surface area contributed by atoms with Crippen molar-refractivity contribution in [3.05, 3.63) is 179 Å². The highest BCUT2D eigenvalue weighted by Crippen LogP contribution is 2.62. The van der Waals surface area contributed by atoms with Crippen LogP contribution in [0.5, 0.6) is 0 Å². The average Bonchev–Trinajstić information content (AvgIpc) is 3.42. The lowest BCUT2D eigenvalue weighted by molar-refractivity contribution is 0.722. The number of benzene rings is 6. The molecule has 7 aromatic rings. The first kappa shape index (κ1) is 26.6. The van der Waals surface area contributed by atoms with Crippen molar-refractivity contribution in [3.63, 3.8) is 0 Å². The van der Waals surface area contributed by atoms with Crippen molar-refractivity contribution in [2.75, 3.05) is 0 Å². The van der Waals surface area contributed by atoms with Gasteiger partial charge in [-0.25, -0.2) is 9.97 Å². The van der Waals surface area contributed by atoms with E-state index in [1.54, 1.807) is 0 Å². The molecule has 9 rings (SSSR count). The molecule has 0 atom stereocenters. The highest BCUT2D eigenvalue weighted by molar-refractivity contribution is 7.99. The summed E-state index contributed by atoms with van der Waals surface area (Å²) in [5.41, 5.74) is 12.6. The maximum absolute atomic E-state index is 9.38. The number of rotatable bonds is 3. The molecule has 0 saturated carbocycles. The molecule has 6 aromatic carbocycles. The van der Waals surface area contributed by atoms with Gasteiger partial charge in [-0.05, 0) is 69.8 Å². The van der Waals surface area contributed by atoms with Gasteiger partial charge < -0.3 is 0 Å². The zero-order chi connectivity index (χ0) is 30.7. The summed E-state index contributed by atoms with van der Waals surface area (Å²) in [5, 5.41) is 9.38. The summed E-state index contributed by atoms with van der Waals surface area (Å²) < 4.78 is 0. The fraction of sp³-hybridized carbons (Fsp3) is 0.0238. The Morgan fingerprint density at radius 3 is 1.74 bits per heavy atom. The van der Waals surface area contributed by atoms with Gasteiger partial charge in [0.05, 0.1) is 28.4 Å². The highest BCUT2D eigenvalue weighted by Gasteiger charge is 2.50. The predicted octanol–water partition coefficient (Wildman–Crippen LogP) is 10.2. The first-order valence-corrected chi connectivity index (χ1v) is 16.1. The van der Waals surface area contributed by atoms with Gasteiger partial charge in [0.2, 0.25) is 0 Å². The van der Waals surface area contributed by atoms with E-state index in [9.17, 15) is 5.26 Å². The van der Waals surface area contributed by atoms with Gasteiger partial charge in [0.25, 0.3) is 0 Å². The average molecular weight is 604 g/mol. The lowest BCUT2D eigenvalue weighted by atomic mass is 9.67. The van der Waals surface area contributed by atoms with Gasteiger partial charge in [0, 0.05) is 26.5 Å². The number of nitrogens with zero attached hydrogens (tertiary/aromatic N) is 3. The fourth-order valence-corrected chi connectivity index (χ4v) is 8.36. The first-order chi connectivity index (χ1) is 22.7. The highest BCUT2D eigenvalue weighted by atomic mass is 32.2. The van der Waals surface area contributed by atoms with Crippen LogP contribution >= 0.6 is 11.8 Å². The molecule has 0 amide bonds. The molecule has 0 saturated heterocycles. The Balaban J connectivity index is 1.31. The molecule has 1 spiro atoms. The summed E-state index contributed by atoms with van der Waals surface area (Å²) in [5.74, 6) is 0.668. The van der Waals surface area contributed by atoms with E-state index in [2.05, 4.69) is 103 Å². The molecule has 1 aliphatic carbocycles. The van der Waals surface area contributed by atoms with Gasteiger partial charge in [-0.1, -0.05) is 127 Å². The molecule has 2 aliphatic rings. The van der Waals surface area contributed by atoms with Gasteiger partial charge in [0.1, 0.15) is 0 Å². The Morgan fingerprint density at radius 2 is 1.04 bits per heavy atom. The molecular formula is C42H25N3S. The van der Waals surface area contributed by atoms with Gasteiger partial charge in [0.15, 0.2) is 5.82 Å². The van der Waals surface area contributed by atoms with Crippen LogP contribution < -0.4 is 0 Å². The Kier molecular flexibility index (Phi) is 6.03. The third-order valence-electron chi connectivity index (χ3n) is 9.21. The number of nitriles is 1. The van der Waals surface area contributed by atoms with Crippen molar-refractivity contribution in [2.24, 2.45) is 0 Å². The van der Waals surface area contributed by atoms with Crippen LogP contribution in [0, 0.1) is 11.3 Å². The van der Waals surface area contributed by atoms with Crippen LogP contribution in [0.1, 0.15) is 27.8 Å². The molecule has 1 aliphatic heterocycles. The molecular weight excluding hydrogens is 579 g/mol. The van der Waals surface area contributed by atoms with Gasteiger partial charge in [-0.15, -0.1) is 0 Å². The van der Waals surface area contributed by atoms with Crippen LogP contribution in [0.25, 0.3) is 45.0 Å². The van der Waals surface area contributed by atoms with Crippen molar-refractivity contribution in [1.82, 2.24) is 9.97 Å². The number of fused-ring (bicyclic) bond motifs is 9. The molecule has 4 heteroatoms. The first-order valence-electron chi connectivity index (χ1n) is 15.3. The fourth-order valence-electron chi connectivity index (χ4n) is 7.19. The summed E-state index contributed by atoms with van der Waals surface area (Å²) in [6.45, 7) is 0. The standard InChI is InChI=1S/C42H25N3S/c43-26-27-18-20-28(21-19-27)37-25-38(45-41(44-37)29-10-2-1-3-11-29)30-22-23-40-36(24-30)42(35-16-8-9-17-39(35)46-40)33-14-6-4-12-31(33)32-13-5-7-15-34(32)42/h1-25H. The van der Waals surface area contributed by atoms with E-state index in [0.717, 1.165) is 28.1 Å². The molecule has 0 radical (unpaired) electrons. The quantitative estimate of drug-likeness (QED) is 0.202. The second-order valence-corrected chi connectivity index (χ2v) is 12.8. The number of aromatic nitrogens is 2. The van der Waals surface area contributed by atoms with E-state index in [-0.39, 0.29) is 0 Å². The third kappa shape index (κ3) is 3.92. The summed E-state index contributed by atoms with van der Waals surface area (Å²) in [7, 11) is 0. The molecule has 3 nitrogen and oxygen atoms in total. The minimum absolute atomic E-state index is 0.453. The Hall–Kier alpha value is -5.76. The van der Waals surface area contributed by atoms with E-state index in [0.29, 0.717) is 11.4 Å². The van der Waals surface area contributed by atoms with E-state index in [4.69, 9.17) is 9.97 Å². The third-order valence-corrected chi connectivity index (χ3v) is 10.4. The van der Waals surface area contributed by atoms with E-state index >= 15 is 0 Å². The van der Waals surface area contributed by atoms with E-state index in [1.807, 2.05) is 66.4 Å². The summed E-state index contributed by atoms with van der Waals surface area (Å²) in [4.78, 5) is 12.7. The van der Waals surface area contributed by atoms with E-state index < -0.39 is 5.41 Å². The van der Waals surface area contributed by atoms with Crippen LogP contribution in [0.2, 0.25) is 0 Å². The molecule has 0 fully saturated rings. The Labute approximate surface area is 271 Å². The van der Waals surface area contributed by atoms with Crippen LogP contribution in [0.15, 0.2) is 161 Å². The molecule has 0 bridgehead atoms. The predicted molar refractivity (Wildman–Crippen MR) is 184 cm³/mol. The van der Waals surface area contributed by atoms with Crippen molar-refractivity contribution in [2.45, 2.75) is 15.2 Å². The molecule has 0 N–H and O–H groups in total. The minimum atomic E-state index is -0.453. The monoisotopic (exact) mass is 603 g/mol. The minimum Gasteiger partial charge on any atom is -0.228 e. The van der Waals surface area contributed by atoms with Crippen LogP contribution in [-0.2, 0) is 5.41 Å². The normalized spacial score (nSPS) is 13.3. The zero-order valence-corrected chi connectivity index (χ0v) is 25.5.